The second-order valence-electron chi connectivity index (χ2n) is 7.42. The van der Waals surface area contributed by atoms with E-state index in [-0.39, 0.29) is 17.7 Å². The Hall–Kier alpha value is -2.84. The molecule has 2 heterocycles. The van der Waals surface area contributed by atoms with E-state index in [1.165, 1.54) is 12.1 Å². The Kier molecular flexibility index (Phi) is 4.96. The van der Waals surface area contributed by atoms with Crippen LogP contribution in [-0.2, 0) is 12.0 Å². The number of ketones is 1. The Morgan fingerprint density at radius 2 is 1.83 bits per heavy atom. The van der Waals surface area contributed by atoms with Crippen LogP contribution in [0.3, 0.4) is 0 Å². The zero-order valence-corrected chi connectivity index (χ0v) is 15.6. The number of alkyl halides is 3. The predicted octanol–water partition coefficient (Wildman–Crippen LogP) is 4.12. The Balaban J connectivity index is 2.00. The van der Waals surface area contributed by atoms with Crippen LogP contribution in [-0.4, -0.2) is 28.2 Å². The van der Waals surface area contributed by atoms with Crippen LogP contribution in [0, 0.1) is 11.6 Å². The van der Waals surface area contributed by atoms with E-state index in [1.807, 2.05) is 0 Å². The van der Waals surface area contributed by atoms with Crippen molar-refractivity contribution in [3.63, 3.8) is 0 Å². The first-order chi connectivity index (χ1) is 13.4. The van der Waals surface area contributed by atoms with Gasteiger partial charge >= 0.3 is 0 Å². The number of halogens is 5. The maximum atomic E-state index is 14.8. The number of pyridine rings is 1. The second kappa shape index (κ2) is 6.89. The van der Waals surface area contributed by atoms with Gasteiger partial charge in [-0.25, -0.2) is 22.0 Å². The van der Waals surface area contributed by atoms with Gasteiger partial charge < -0.3 is 5.73 Å². The monoisotopic (exact) mass is 411 g/mol. The van der Waals surface area contributed by atoms with Crippen LogP contribution in [0.4, 0.5) is 22.0 Å². The number of Topliss-reactive ketones (excluding diaryl/α,β-unsaturated/α-hetero) is 1. The smallest absolute Gasteiger partial charge is 0.280 e. The largest absolute Gasteiger partial charge is 0.385 e. The molecule has 154 valence electrons. The number of hydrogen-bond acceptors (Lipinski definition) is 4. The van der Waals surface area contributed by atoms with E-state index >= 15 is 0 Å². The molecule has 0 bridgehead atoms. The molecule has 0 fully saturated rings. The third-order valence-electron chi connectivity index (χ3n) is 5.08. The van der Waals surface area contributed by atoms with E-state index in [0.717, 1.165) is 38.2 Å². The first-order valence-corrected chi connectivity index (χ1v) is 8.72. The van der Waals surface area contributed by atoms with Gasteiger partial charge in [0, 0.05) is 12.0 Å². The van der Waals surface area contributed by atoms with Gasteiger partial charge in [0.2, 0.25) is 0 Å². The number of rotatable bonds is 4. The molecule has 1 aromatic carbocycles. The standard InChI is InChI=1S/C20H18F5N3O/c1-18(23)10-20(24,25)19(2,28-17(18)26)13-7-11(3-5-14(13)22)8-16(29)15-6-4-12(21)9-27-15/h3-7,9H,8,10H2,1-2H3,(H2,26,28)/t18-,19+/m0/s1. The molecule has 0 saturated carbocycles. The van der Waals surface area contributed by atoms with Crippen molar-refractivity contribution in [3.8, 4) is 0 Å². The summed E-state index contributed by atoms with van der Waals surface area (Å²) in [4.78, 5) is 19.6. The number of aromatic nitrogens is 1. The number of benzene rings is 1. The van der Waals surface area contributed by atoms with Gasteiger partial charge in [0.1, 0.15) is 23.2 Å². The summed E-state index contributed by atoms with van der Waals surface area (Å²) in [5, 5.41) is 0. The Labute approximate surface area is 163 Å². The van der Waals surface area contributed by atoms with Gasteiger partial charge in [-0.05, 0) is 43.7 Å². The molecule has 1 aliphatic rings. The molecule has 1 aliphatic heterocycles. The fourth-order valence-electron chi connectivity index (χ4n) is 3.25. The number of nitrogens with zero attached hydrogens (tertiary/aromatic N) is 2. The molecule has 0 spiro atoms. The lowest BCUT2D eigenvalue weighted by molar-refractivity contribution is -0.106. The number of hydrogen-bond donors (Lipinski definition) is 1. The van der Waals surface area contributed by atoms with E-state index < -0.39 is 52.4 Å². The highest BCUT2D eigenvalue weighted by molar-refractivity contribution is 5.95. The minimum Gasteiger partial charge on any atom is -0.385 e. The van der Waals surface area contributed by atoms with Crippen molar-refractivity contribution in [2.75, 3.05) is 0 Å². The highest BCUT2D eigenvalue weighted by atomic mass is 19.3. The summed E-state index contributed by atoms with van der Waals surface area (Å²) in [6.07, 6.45) is -0.667. The van der Waals surface area contributed by atoms with E-state index in [2.05, 4.69) is 9.98 Å². The van der Waals surface area contributed by atoms with Gasteiger partial charge in [0.25, 0.3) is 5.92 Å². The summed E-state index contributed by atoms with van der Waals surface area (Å²) >= 11 is 0. The lowest BCUT2D eigenvalue weighted by Gasteiger charge is -2.42. The van der Waals surface area contributed by atoms with E-state index in [1.54, 1.807) is 0 Å². The summed E-state index contributed by atoms with van der Waals surface area (Å²) in [6.45, 7) is 1.86. The van der Waals surface area contributed by atoms with Gasteiger partial charge in [-0.15, -0.1) is 0 Å². The lowest BCUT2D eigenvalue weighted by atomic mass is 9.77. The van der Waals surface area contributed by atoms with E-state index in [9.17, 15) is 26.7 Å². The van der Waals surface area contributed by atoms with Crippen molar-refractivity contribution in [2.24, 2.45) is 10.7 Å². The number of aliphatic imine (C=N–C) groups is 1. The van der Waals surface area contributed by atoms with Gasteiger partial charge in [0.05, 0.1) is 12.6 Å². The van der Waals surface area contributed by atoms with Crippen molar-refractivity contribution in [2.45, 2.75) is 43.8 Å². The summed E-state index contributed by atoms with van der Waals surface area (Å²) in [5.41, 5.74) is 0.251. The highest BCUT2D eigenvalue weighted by Gasteiger charge is 2.60. The van der Waals surface area contributed by atoms with Gasteiger partial charge in [-0.1, -0.05) is 6.07 Å². The summed E-state index contributed by atoms with van der Waals surface area (Å²) in [6, 6.07) is 5.53. The Morgan fingerprint density at radius 1 is 1.14 bits per heavy atom. The first kappa shape index (κ1) is 20.9. The molecule has 0 saturated heterocycles. The summed E-state index contributed by atoms with van der Waals surface area (Å²) in [5.74, 6) is -6.50. The Morgan fingerprint density at radius 3 is 2.45 bits per heavy atom. The fourth-order valence-corrected chi connectivity index (χ4v) is 3.25. The predicted molar refractivity (Wildman–Crippen MR) is 96.7 cm³/mol. The number of nitrogens with two attached hydrogens (primary N) is 1. The normalized spacial score (nSPS) is 26.1. The molecule has 3 rings (SSSR count). The number of carbonyl (C=O) groups is 1. The molecule has 0 radical (unpaired) electrons. The van der Waals surface area contributed by atoms with Crippen LogP contribution in [0.5, 0.6) is 0 Å². The second-order valence-corrected chi connectivity index (χ2v) is 7.42. The molecule has 0 aliphatic carbocycles. The van der Waals surface area contributed by atoms with Crippen molar-refractivity contribution in [1.29, 1.82) is 0 Å². The van der Waals surface area contributed by atoms with Crippen LogP contribution in [0.2, 0.25) is 0 Å². The SMILES string of the molecule is C[C@]1(F)CC(F)(F)[C@@](C)(c2cc(CC(=O)c3ccc(F)cn3)ccc2F)N=C1N. The molecule has 29 heavy (non-hydrogen) atoms. The third-order valence-corrected chi connectivity index (χ3v) is 5.08. The number of amidine groups is 1. The summed E-state index contributed by atoms with van der Waals surface area (Å²) < 4.78 is 71.3. The minimum atomic E-state index is -3.73. The molecule has 2 N–H and O–H groups in total. The molecular weight excluding hydrogens is 393 g/mol. The quantitative estimate of drug-likeness (QED) is 0.608. The van der Waals surface area contributed by atoms with Crippen LogP contribution < -0.4 is 5.73 Å². The topological polar surface area (TPSA) is 68.3 Å². The van der Waals surface area contributed by atoms with Crippen LogP contribution in [0.25, 0.3) is 0 Å². The summed E-state index contributed by atoms with van der Waals surface area (Å²) in [7, 11) is 0. The molecule has 9 heteroatoms. The highest BCUT2D eigenvalue weighted by Crippen LogP contribution is 2.50. The molecule has 1 aromatic heterocycles. The van der Waals surface area contributed by atoms with Crippen molar-refractivity contribution >= 4 is 11.6 Å². The average molecular weight is 411 g/mol. The maximum absolute atomic E-state index is 14.8. The fraction of sp³-hybridized carbons (Fsp3) is 0.350. The number of carbonyl (C=O) groups excluding carboxylic acids is 1. The third kappa shape index (κ3) is 3.73. The zero-order chi connectivity index (χ0) is 21.6. The van der Waals surface area contributed by atoms with E-state index in [4.69, 9.17) is 5.73 Å². The van der Waals surface area contributed by atoms with Gasteiger partial charge in [0.15, 0.2) is 17.0 Å². The maximum Gasteiger partial charge on any atom is 0.280 e. The molecule has 0 amide bonds. The minimum absolute atomic E-state index is 0.0260. The van der Waals surface area contributed by atoms with Crippen LogP contribution >= 0.6 is 0 Å². The zero-order valence-electron chi connectivity index (χ0n) is 15.6. The van der Waals surface area contributed by atoms with Crippen molar-refractivity contribution in [3.05, 3.63) is 65.0 Å². The molecule has 2 aromatic rings. The molecule has 4 nitrogen and oxygen atoms in total. The van der Waals surface area contributed by atoms with Crippen molar-refractivity contribution < 1.29 is 26.7 Å². The molecule has 2 atom stereocenters. The molecular formula is C20H18F5N3O. The van der Waals surface area contributed by atoms with E-state index in [0.29, 0.717) is 0 Å². The van der Waals surface area contributed by atoms with Crippen molar-refractivity contribution in [1.82, 2.24) is 4.98 Å². The Bertz CT molecular complexity index is 988. The lowest BCUT2D eigenvalue weighted by Crippen LogP contribution is -2.56. The van der Waals surface area contributed by atoms with Crippen LogP contribution in [0.15, 0.2) is 41.5 Å². The van der Waals surface area contributed by atoms with Gasteiger partial charge in [-0.3, -0.25) is 14.8 Å². The van der Waals surface area contributed by atoms with Crippen LogP contribution in [0.1, 0.15) is 41.9 Å². The first-order valence-electron chi connectivity index (χ1n) is 8.72. The average Bonchev–Trinajstić information content (AvgIpc) is 2.61. The molecule has 0 unspecified atom stereocenters. The van der Waals surface area contributed by atoms with Gasteiger partial charge in [-0.2, -0.15) is 0 Å².